The molecule has 0 aliphatic carbocycles. The summed E-state index contributed by atoms with van der Waals surface area (Å²) in [6, 6.07) is 15.6. The summed E-state index contributed by atoms with van der Waals surface area (Å²) >= 11 is 5.43. The molecule has 21 heavy (non-hydrogen) atoms. The lowest BCUT2D eigenvalue weighted by Crippen LogP contribution is -1.98. The predicted octanol–water partition coefficient (Wildman–Crippen LogP) is 4.61. The summed E-state index contributed by atoms with van der Waals surface area (Å²) in [5.41, 5.74) is 3.29. The largest absolute Gasteiger partial charge is 0.507 e. The maximum absolute atomic E-state index is 9.81. The minimum Gasteiger partial charge on any atom is -0.507 e. The molecule has 0 aliphatic rings. The second kappa shape index (κ2) is 6.10. The number of phenols is 1. The van der Waals surface area contributed by atoms with Gasteiger partial charge in [0.05, 0.1) is 0 Å². The van der Waals surface area contributed by atoms with Gasteiger partial charge in [0.15, 0.2) is 0 Å². The van der Waals surface area contributed by atoms with Crippen LogP contribution in [0.5, 0.6) is 5.75 Å². The lowest BCUT2D eigenvalue weighted by atomic mass is 10.0. The molecule has 0 aliphatic heterocycles. The molecule has 3 heteroatoms. The van der Waals surface area contributed by atoms with Crippen LogP contribution < -0.4 is 0 Å². The van der Waals surface area contributed by atoms with E-state index in [1.165, 1.54) is 16.5 Å². The highest BCUT2D eigenvalue weighted by Gasteiger charge is 2.07. The van der Waals surface area contributed by atoms with E-state index in [1.54, 1.807) is 6.07 Å². The summed E-state index contributed by atoms with van der Waals surface area (Å²) in [4.78, 5) is 4.12. The summed E-state index contributed by atoms with van der Waals surface area (Å²) in [5.74, 6) is 0.273. The number of hydrogen-bond acceptors (Lipinski definition) is 2. The Kier molecular flexibility index (Phi) is 4.02. The van der Waals surface area contributed by atoms with Crippen LogP contribution in [0.3, 0.4) is 0 Å². The minimum atomic E-state index is 0.273. The first-order valence-electron chi connectivity index (χ1n) is 7.12. The van der Waals surface area contributed by atoms with Gasteiger partial charge in [-0.2, -0.15) is 0 Å². The Hall–Kier alpha value is -2.13. The number of benzene rings is 2. The Balaban J connectivity index is 1.64. The van der Waals surface area contributed by atoms with Crippen molar-refractivity contribution in [3.8, 4) is 5.75 Å². The molecule has 2 aromatic carbocycles. The van der Waals surface area contributed by atoms with Crippen molar-refractivity contribution in [3.05, 3.63) is 65.9 Å². The second-order valence-corrected chi connectivity index (χ2v) is 5.65. The number of aromatic nitrogens is 1. The third kappa shape index (κ3) is 2.98. The van der Waals surface area contributed by atoms with Crippen molar-refractivity contribution in [2.24, 2.45) is 0 Å². The van der Waals surface area contributed by atoms with Gasteiger partial charge in [-0.25, -0.2) is 0 Å². The van der Waals surface area contributed by atoms with E-state index < -0.39 is 0 Å². The third-order valence-corrected chi connectivity index (χ3v) is 4.15. The standard InChI is InChI=1S/C18H17NOS/c20-17-10-4-2-8-15(17)18(21)11-5-6-13-12-19-16-9-3-1-7-14(13)16/h1-4,7-10,12,19-20H,5-6,11H2. The van der Waals surface area contributed by atoms with Crippen LogP contribution >= 0.6 is 12.2 Å². The van der Waals surface area contributed by atoms with Crippen molar-refractivity contribution in [2.75, 3.05) is 0 Å². The maximum atomic E-state index is 9.81. The molecule has 1 heterocycles. The molecule has 0 atom stereocenters. The first-order valence-corrected chi connectivity index (χ1v) is 7.53. The number of aryl methyl sites for hydroxylation is 1. The molecule has 0 fully saturated rings. The zero-order chi connectivity index (χ0) is 14.7. The number of fused-ring (bicyclic) bond motifs is 1. The van der Waals surface area contributed by atoms with Gasteiger partial charge in [-0.3, -0.25) is 0 Å². The molecule has 0 saturated heterocycles. The van der Waals surface area contributed by atoms with E-state index in [0.29, 0.717) is 0 Å². The highest BCUT2D eigenvalue weighted by atomic mass is 32.1. The highest BCUT2D eigenvalue weighted by Crippen LogP contribution is 2.22. The summed E-state index contributed by atoms with van der Waals surface area (Å²) in [7, 11) is 0. The van der Waals surface area contributed by atoms with Crippen LogP contribution in [-0.2, 0) is 6.42 Å². The minimum absolute atomic E-state index is 0.273. The maximum Gasteiger partial charge on any atom is 0.123 e. The second-order valence-electron chi connectivity index (χ2n) is 5.15. The van der Waals surface area contributed by atoms with Crippen LogP contribution in [-0.4, -0.2) is 15.0 Å². The van der Waals surface area contributed by atoms with Crippen molar-refractivity contribution < 1.29 is 5.11 Å². The lowest BCUT2D eigenvalue weighted by Gasteiger charge is -2.06. The molecule has 3 rings (SSSR count). The van der Waals surface area contributed by atoms with Gasteiger partial charge in [0.25, 0.3) is 0 Å². The lowest BCUT2D eigenvalue weighted by molar-refractivity contribution is 0.474. The molecule has 1 aromatic heterocycles. The number of aromatic hydroxyl groups is 1. The van der Waals surface area contributed by atoms with E-state index in [0.717, 1.165) is 29.7 Å². The van der Waals surface area contributed by atoms with E-state index >= 15 is 0 Å². The Morgan fingerprint density at radius 3 is 2.67 bits per heavy atom. The first-order chi connectivity index (χ1) is 10.3. The number of H-pyrrole nitrogens is 1. The monoisotopic (exact) mass is 295 g/mol. The predicted molar refractivity (Wildman–Crippen MR) is 91.0 cm³/mol. The molecule has 0 unspecified atom stereocenters. The summed E-state index contributed by atoms with van der Waals surface area (Å²) in [6.45, 7) is 0. The fourth-order valence-electron chi connectivity index (χ4n) is 2.62. The molecule has 0 spiro atoms. The number of thiocarbonyl (C=S) groups is 1. The molecule has 0 amide bonds. The van der Waals surface area contributed by atoms with Crippen LogP contribution in [0.25, 0.3) is 10.9 Å². The number of hydrogen-bond donors (Lipinski definition) is 2. The molecule has 0 saturated carbocycles. The van der Waals surface area contributed by atoms with Gasteiger partial charge in [-0.15, -0.1) is 0 Å². The fraction of sp³-hybridized carbons (Fsp3) is 0.167. The van der Waals surface area contributed by atoms with E-state index in [1.807, 2.05) is 24.3 Å². The summed E-state index contributed by atoms with van der Waals surface area (Å²) in [5, 5.41) is 11.1. The molecule has 2 nitrogen and oxygen atoms in total. The Morgan fingerprint density at radius 1 is 1.05 bits per heavy atom. The number of aromatic amines is 1. The molecular weight excluding hydrogens is 278 g/mol. The highest BCUT2D eigenvalue weighted by molar-refractivity contribution is 7.80. The first kappa shape index (κ1) is 13.8. The van der Waals surface area contributed by atoms with Crippen molar-refractivity contribution >= 4 is 28.0 Å². The SMILES string of the molecule is Oc1ccccc1C(=S)CCCc1c[nH]c2ccccc12. The van der Waals surface area contributed by atoms with Gasteiger partial charge in [0, 0.05) is 27.5 Å². The van der Waals surface area contributed by atoms with E-state index in [4.69, 9.17) is 12.2 Å². The molecular formula is C18H17NOS. The van der Waals surface area contributed by atoms with Gasteiger partial charge in [0.1, 0.15) is 5.75 Å². The van der Waals surface area contributed by atoms with E-state index in [2.05, 4.69) is 29.4 Å². The topological polar surface area (TPSA) is 36.0 Å². The Labute approximate surface area is 129 Å². The molecule has 0 bridgehead atoms. The van der Waals surface area contributed by atoms with Crippen LogP contribution in [0.2, 0.25) is 0 Å². The average Bonchev–Trinajstić information content (AvgIpc) is 2.91. The molecule has 106 valence electrons. The third-order valence-electron chi connectivity index (χ3n) is 3.73. The average molecular weight is 295 g/mol. The fourth-order valence-corrected chi connectivity index (χ4v) is 2.94. The van der Waals surface area contributed by atoms with Crippen molar-refractivity contribution in [3.63, 3.8) is 0 Å². The van der Waals surface area contributed by atoms with Crippen LogP contribution in [0, 0.1) is 0 Å². The number of phenolic OH excluding ortho intramolecular Hbond substituents is 1. The molecule has 2 N–H and O–H groups in total. The number of para-hydroxylation sites is 2. The quantitative estimate of drug-likeness (QED) is 0.532. The van der Waals surface area contributed by atoms with E-state index in [9.17, 15) is 5.11 Å². The van der Waals surface area contributed by atoms with Crippen LogP contribution in [0.15, 0.2) is 54.7 Å². The Bertz CT molecular complexity index is 775. The normalized spacial score (nSPS) is 10.9. The van der Waals surface area contributed by atoms with Crippen molar-refractivity contribution in [1.29, 1.82) is 0 Å². The van der Waals surface area contributed by atoms with Gasteiger partial charge in [-0.05, 0) is 37.0 Å². The zero-order valence-electron chi connectivity index (χ0n) is 11.7. The smallest absolute Gasteiger partial charge is 0.123 e. The zero-order valence-corrected chi connectivity index (χ0v) is 12.5. The van der Waals surface area contributed by atoms with Gasteiger partial charge < -0.3 is 10.1 Å². The molecule has 0 radical (unpaired) electrons. The van der Waals surface area contributed by atoms with Gasteiger partial charge >= 0.3 is 0 Å². The van der Waals surface area contributed by atoms with Crippen molar-refractivity contribution in [1.82, 2.24) is 4.98 Å². The van der Waals surface area contributed by atoms with Gasteiger partial charge in [-0.1, -0.05) is 48.6 Å². The summed E-state index contributed by atoms with van der Waals surface area (Å²) in [6.07, 6.45) is 4.85. The van der Waals surface area contributed by atoms with Crippen LogP contribution in [0.4, 0.5) is 0 Å². The number of rotatable bonds is 5. The Morgan fingerprint density at radius 2 is 1.81 bits per heavy atom. The van der Waals surface area contributed by atoms with Crippen molar-refractivity contribution in [2.45, 2.75) is 19.3 Å². The summed E-state index contributed by atoms with van der Waals surface area (Å²) < 4.78 is 0. The van der Waals surface area contributed by atoms with Crippen LogP contribution in [0.1, 0.15) is 24.0 Å². The molecule has 3 aromatic rings. The number of nitrogens with one attached hydrogen (secondary N) is 1. The van der Waals surface area contributed by atoms with Gasteiger partial charge in [0.2, 0.25) is 0 Å². The van der Waals surface area contributed by atoms with E-state index in [-0.39, 0.29) is 5.75 Å².